The van der Waals surface area contributed by atoms with E-state index in [9.17, 15) is 4.39 Å². The number of alkyl halides is 1. The van der Waals surface area contributed by atoms with Gasteiger partial charge >= 0.3 is 0 Å². The summed E-state index contributed by atoms with van der Waals surface area (Å²) in [7, 11) is 0. The van der Waals surface area contributed by atoms with Crippen LogP contribution in [0.5, 0.6) is 0 Å². The molecule has 0 aromatic rings. The molecule has 0 atom stereocenters. The molecule has 60 valence electrons. The maximum absolute atomic E-state index is 12.1. The number of hydrogen-bond donors (Lipinski definition) is 0. The van der Waals surface area contributed by atoms with E-state index < -0.39 is 5.83 Å². The highest BCUT2D eigenvalue weighted by molar-refractivity contribution is 9.09. The van der Waals surface area contributed by atoms with Gasteiger partial charge < -0.3 is 0 Å². The molecule has 0 unspecified atom stereocenters. The zero-order valence-electron chi connectivity index (χ0n) is 6.24. The molecule has 0 saturated carbocycles. The standard InChI is InChI=1S/C9H10BrF/c1-7(8(2)6-10)4-5-9(3)11/h4-5H,1-3,6H2/b5-4-. The van der Waals surface area contributed by atoms with Crippen LogP contribution in [-0.2, 0) is 0 Å². The molecule has 0 amide bonds. The summed E-state index contributed by atoms with van der Waals surface area (Å²) < 4.78 is 12.1. The minimum Gasteiger partial charge on any atom is -0.208 e. The van der Waals surface area contributed by atoms with Gasteiger partial charge in [0.1, 0.15) is 5.83 Å². The van der Waals surface area contributed by atoms with Crippen LogP contribution in [0, 0.1) is 0 Å². The fourth-order valence-corrected chi connectivity index (χ4v) is 0.755. The van der Waals surface area contributed by atoms with Crippen LogP contribution in [0.15, 0.2) is 48.9 Å². The van der Waals surface area contributed by atoms with Gasteiger partial charge in [-0.15, -0.1) is 0 Å². The number of allylic oxidation sites excluding steroid dienone is 5. The summed E-state index contributed by atoms with van der Waals surface area (Å²) in [5, 5.41) is 0.648. The van der Waals surface area contributed by atoms with E-state index in [0.29, 0.717) is 10.9 Å². The molecule has 2 heteroatoms. The SMILES string of the molecule is C=C(F)/C=C\C(=C)C(=C)CBr. The predicted octanol–water partition coefficient (Wildman–Crippen LogP) is 3.53. The smallest absolute Gasteiger partial charge is 0.116 e. The molecular weight excluding hydrogens is 207 g/mol. The number of halogens is 2. The third-order valence-corrected chi connectivity index (χ3v) is 1.76. The van der Waals surface area contributed by atoms with Crippen LogP contribution in [0.2, 0.25) is 0 Å². The van der Waals surface area contributed by atoms with Crippen molar-refractivity contribution in [3.63, 3.8) is 0 Å². The Hall–Kier alpha value is -0.630. The Morgan fingerprint density at radius 2 is 1.82 bits per heavy atom. The summed E-state index contributed by atoms with van der Waals surface area (Å²) in [4.78, 5) is 0. The summed E-state index contributed by atoms with van der Waals surface area (Å²) >= 11 is 3.21. The lowest BCUT2D eigenvalue weighted by atomic mass is 10.1. The van der Waals surface area contributed by atoms with Crippen LogP contribution in [0.3, 0.4) is 0 Å². The van der Waals surface area contributed by atoms with Gasteiger partial charge in [0, 0.05) is 5.33 Å². The van der Waals surface area contributed by atoms with Gasteiger partial charge in [-0.05, 0) is 17.2 Å². The third kappa shape index (κ3) is 4.73. The maximum Gasteiger partial charge on any atom is 0.116 e. The van der Waals surface area contributed by atoms with Crippen LogP contribution in [0.25, 0.3) is 0 Å². The average molecular weight is 217 g/mol. The molecule has 0 bridgehead atoms. The summed E-state index contributed by atoms with van der Waals surface area (Å²) in [6.07, 6.45) is 2.81. The molecule has 11 heavy (non-hydrogen) atoms. The molecule has 0 aliphatic carbocycles. The van der Waals surface area contributed by atoms with E-state index in [-0.39, 0.29) is 0 Å². The fourth-order valence-electron chi connectivity index (χ4n) is 0.395. The van der Waals surface area contributed by atoms with Crippen LogP contribution in [-0.4, -0.2) is 5.33 Å². The van der Waals surface area contributed by atoms with Crippen molar-refractivity contribution in [3.8, 4) is 0 Å². The van der Waals surface area contributed by atoms with Crippen molar-refractivity contribution in [2.75, 3.05) is 5.33 Å². The van der Waals surface area contributed by atoms with Gasteiger partial charge in [-0.25, -0.2) is 4.39 Å². The second kappa shape index (κ2) is 5.08. The average Bonchev–Trinajstić information content (AvgIpc) is 1.98. The van der Waals surface area contributed by atoms with Crippen molar-refractivity contribution in [2.24, 2.45) is 0 Å². The van der Waals surface area contributed by atoms with Crippen molar-refractivity contribution < 1.29 is 4.39 Å². The summed E-state index contributed by atoms with van der Waals surface area (Å²) in [6.45, 7) is 10.5. The predicted molar refractivity (Wildman–Crippen MR) is 51.5 cm³/mol. The van der Waals surface area contributed by atoms with Crippen molar-refractivity contribution in [1.29, 1.82) is 0 Å². The van der Waals surface area contributed by atoms with E-state index >= 15 is 0 Å². The minimum atomic E-state index is -0.478. The summed E-state index contributed by atoms with van der Waals surface area (Å²) in [5.74, 6) is -0.478. The Bertz CT molecular complexity index is 214. The minimum absolute atomic E-state index is 0.478. The van der Waals surface area contributed by atoms with Gasteiger partial charge in [-0.3, -0.25) is 0 Å². The first kappa shape index (κ1) is 10.4. The summed E-state index contributed by atoms with van der Waals surface area (Å²) in [5.41, 5.74) is 1.54. The van der Waals surface area contributed by atoms with Gasteiger partial charge in [0.25, 0.3) is 0 Å². The largest absolute Gasteiger partial charge is 0.208 e. The van der Waals surface area contributed by atoms with E-state index in [4.69, 9.17) is 0 Å². The van der Waals surface area contributed by atoms with Gasteiger partial charge in [0.15, 0.2) is 0 Å². The Morgan fingerprint density at radius 3 is 2.18 bits per heavy atom. The van der Waals surface area contributed by atoms with Crippen LogP contribution in [0.4, 0.5) is 4.39 Å². The highest BCUT2D eigenvalue weighted by atomic mass is 79.9. The van der Waals surface area contributed by atoms with E-state index in [0.717, 1.165) is 5.57 Å². The normalized spacial score (nSPS) is 10.0. The number of rotatable bonds is 4. The Labute approximate surface area is 74.9 Å². The first-order valence-corrected chi connectivity index (χ1v) is 4.15. The molecule has 0 rings (SSSR count). The zero-order chi connectivity index (χ0) is 8.85. The quantitative estimate of drug-likeness (QED) is 0.499. The molecular formula is C9H10BrF. The third-order valence-electron chi connectivity index (χ3n) is 1.08. The lowest BCUT2D eigenvalue weighted by Gasteiger charge is -1.97. The van der Waals surface area contributed by atoms with Crippen molar-refractivity contribution >= 4 is 15.9 Å². The lowest BCUT2D eigenvalue weighted by Crippen LogP contribution is -1.82. The van der Waals surface area contributed by atoms with E-state index in [2.05, 4.69) is 35.7 Å². The van der Waals surface area contributed by atoms with Gasteiger partial charge in [0.05, 0.1) is 0 Å². The van der Waals surface area contributed by atoms with Crippen LogP contribution >= 0.6 is 15.9 Å². The molecule has 0 aromatic heterocycles. The zero-order valence-corrected chi connectivity index (χ0v) is 7.83. The van der Waals surface area contributed by atoms with Crippen LogP contribution in [0.1, 0.15) is 0 Å². The lowest BCUT2D eigenvalue weighted by molar-refractivity contribution is 0.671. The van der Waals surface area contributed by atoms with Crippen molar-refractivity contribution in [2.45, 2.75) is 0 Å². The van der Waals surface area contributed by atoms with E-state index in [1.54, 1.807) is 6.08 Å². The summed E-state index contributed by atoms with van der Waals surface area (Å²) in [6, 6.07) is 0. The first-order valence-electron chi connectivity index (χ1n) is 3.03. The molecule has 0 aliphatic heterocycles. The second-order valence-corrected chi connectivity index (χ2v) is 2.60. The highest BCUT2D eigenvalue weighted by Gasteiger charge is 1.92. The molecule has 0 saturated heterocycles. The molecule has 0 N–H and O–H groups in total. The monoisotopic (exact) mass is 216 g/mol. The van der Waals surface area contributed by atoms with Gasteiger partial charge in [-0.1, -0.05) is 41.7 Å². The first-order chi connectivity index (χ1) is 5.07. The highest BCUT2D eigenvalue weighted by Crippen LogP contribution is 2.10. The second-order valence-electron chi connectivity index (χ2n) is 2.04. The number of hydrogen-bond acceptors (Lipinski definition) is 0. The van der Waals surface area contributed by atoms with Gasteiger partial charge in [0.2, 0.25) is 0 Å². The molecule has 0 fully saturated rings. The molecule has 0 radical (unpaired) electrons. The molecule has 0 heterocycles. The topological polar surface area (TPSA) is 0 Å². The van der Waals surface area contributed by atoms with Crippen molar-refractivity contribution in [3.05, 3.63) is 48.9 Å². The maximum atomic E-state index is 12.1. The Balaban J connectivity index is 4.08. The molecule has 0 aliphatic rings. The Kier molecular flexibility index (Phi) is 4.79. The molecule has 0 aromatic carbocycles. The molecule has 0 nitrogen and oxygen atoms in total. The Morgan fingerprint density at radius 1 is 1.27 bits per heavy atom. The fraction of sp³-hybridized carbons (Fsp3) is 0.111. The van der Waals surface area contributed by atoms with Crippen LogP contribution < -0.4 is 0 Å². The van der Waals surface area contributed by atoms with E-state index in [1.165, 1.54) is 6.08 Å². The van der Waals surface area contributed by atoms with E-state index in [1.807, 2.05) is 0 Å². The van der Waals surface area contributed by atoms with Crippen molar-refractivity contribution in [1.82, 2.24) is 0 Å². The molecule has 0 spiro atoms. The van der Waals surface area contributed by atoms with Gasteiger partial charge in [-0.2, -0.15) is 0 Å².